The molecule has 2 aromatic rings. The van der Waals surface area contributed by atoms with Crippen LogP contribution in [0.25, 0.3) is 6.08 Å². The van der Waals surface area contributed by atoms with Crippen molar-refractivity contribution in [2.24, 2.45) is 0 Å². The van der Waals surface area contributed by atoms with E-state index in [1.807, 2.05) is 41.3 Å². The molecule has 24 heavy (non-hydrogen) atoms. The van der Waals surface area contributed by atoms with E-state index in [0.717, 1.165) is 44.7 Å². The third kappa shape index (κ3) is 4.56. The van der Waals surface area contributed by atoms with Gasteiger partial charge in [0.2, 0.25) is 0 Å². The summed E-state index contributed by atoms with van der Waals surface area (Å²) < 4.78 is 0. The lowest BCUT2D eigenvalue weighted by Crippen LogP contribution is -2.35. The molecule has 1 aliphatic rings. The molecule has 3 heteroatoms. The fourth-order valence-electron chi connectivity index (χ4n) is 3.02. The van der Waals surface area contributed by atoms with Gasteiger partial charge in [0.25, 0.3) is 5.91 Å². The molecule has 0 spiro atoms. The van der Waals surface area contributed by atoms with E-state index >= 15 is 0 Å². The largest absolute Gasteiger partial charge is 0.337 e. The fourth-order valence-corrected chi connectivity index (χ4v) is 3.02. The Morgan fingerprint density at radius 2 is 1.58 bits per heavy atom. The summed E-state index contributed by atoms with van der Waals surface area (Å²) in [5.41, 5.74) is 2.02. The first kappa shape index (κ1) is 16.5. The Labute approximate surface area is 144 Å². The van der Waals surface area contributed by atoms with Gasteiger partial charge in [-0.15, -0.1) is 0 Å². The van der Waals surface area contributed by atoms with Crippen LogP contribution in [0, 0.1) is 0 Å². The molecule has 1 aliphatic heterocycles. The minimum Gasteiger partial charge on any atom is -0.337 e. The zero-order valence-corrected chi connectivity index (χ0v) is 14.0. The standard InChI is InChI=1S/C21H24N2O/c24-21(20-12-5-2-6-13-20)23-16-8-15-22(17-18-23)14-7-11-19-9-3-1-4-10-19/h1-7,9-13H,8,14-18H2. The average molecular weight is 320 g/mol. The lowest BCUT2D eigenvalue weighted by molar-refractivity contribution is 0.0762. The van der Waals surface area contributed by atoms with Gasteiger partial charge in [0.05, 0.1) is 0 Å². The Morgan fingerprint density at radius 3 is 2.33 bits per heavy atom. The van der Waals surface area contributed by atoms with Crippen molar-refractivity contribution in [1.82, 2.24) is 9.80 Å². The van der Waals surface area contributed by atoms with E-state index in [0.29, 0.717) is 0 Å². The van der Waals surface area contributed by atoms with E-state index < -0.39 is 0 Å². The number of carbonyl (C=O) groups is 1. The number of benzene rings is 2. The molecular weight excluding hydrogens is 296 g/mol. The van der Waals surface area contributed by atoms with Gasteiger partial charge in [0.1, 0.15) is 0 Å². The van der Waals surface area contributed by atoms with Crippen LogP contribution >= 0.6 is 0 Å². The van der Waals surface area contributed by atoms with Gasteiger partial charge in [-0.1, -0.05) is 60.7 Å². The monoisotopic (exact) mass is 320 g/mol. The molecule has 3 nitrogen and oxygen atoms in total. The molecule has 0 radical (unpaired) electrons. The molecule has 0 atom stereocenters. The molecule has 124 valence electrons. The second-order valence-corrected chi connectivity index (χ2v) is 6.13. The van der Waals surface area contributed by atoms with E-state index in [1.165, 1.54) is 5.56 Å². The molecule has 0 N–H and O–H groups in total. The predicted molar refractivity (Wildman–Crippen MR) is 98.9 cm³/mol. The third-order valence-corrected chi connectivity index (χ3v) is 4.37. The molecule has 0 unspecified atom stereocenters. The molecule has 0 aliphatic carbocycles. The smallest absolute Gasteiger partial charge is 0.253 e. The molecule has 0 aromatic heterocycles. The van der Waals surface area contributed by atoms with Crippen molar-refractivity contribution in [3.8, 4) is 0 Å². The fraction of sp³-hybridized carbons (Fsp3) is 0.286. The molecule has 1 fully saturated rings. The highest BCUT2D eigenvalue weighted by atomic mass is 16.2. The van der Waals surface area contributed by atoms with Crippen molar-refractivity contribution in [3.63, 3.8) is 0 Å². The molecule has 1 amide bonds. The summed E-state index contributed by atoms with van der Waals surface area (Å²) in [6.07, 6.45) is 5.40. The van der Waals surface area contributed by atoms with Crippen LogP contribution in [0.4, 0.5) is 0 Å². The SMILES string of the molecule is O=C(c1ccccc1)N1CCCN(CC=Cc2ccccc2)CC1. The molecule has 1 heterocycles. The molecule has 1 saturated heterocycles. The van der Waals surface area contributed by atoms with Crippen LogP contribution in [-0.4, -0.2) is 48.4 Å². The van der Waals surface area contributed by atoms with Crippen molar-refractivity contribution in [2.75, 3.05) is 32.7 Å². The number of carbonyl (C=O) groups excluding carboxylic acids is 1. The lowest BCUT2D eigenvalue weighted by Gasteiger charge is -2.21. The van der Waals surface area contributed by atoms with E-state index in [2.05, 4.69) is 41.3 Å². The van der Waals surface area contributed by atoms with E-state index in [4.69, 9.17) is 0 Å². The summed E-state index contributed by atoms with van der Waals surface area (Å²) in [5.74, 6) is 0.150. The first-order valence-corrected chi connectivity index (χ1v) is 8.61. The van der Waals surface area contributed by atoms with Crippen molar-refractivity contribution in [3.05, 3.63) is 77.9 Å². The Hall–Kier alpha value is -2.39. The van der Waals surface area contributed by atoms with Crippen LogP contribution in [0.2, 0.25) is 0 Å². The Bertz CT molecular complexity index is 667. The Morgan fingerprint density at radius 1 is 0.875 bits per heavy atom. The topological polar surface area (TPSA) is 23.6 Å². The number of rotatable bonds is 4. The highest BCUT2D eigenvalue weighted by molar-refractivity contribution is 5.94. The maximum atomic E-state index is 12.6. The molecule has 3 rings (SSSR count). The van der Waals surface area contributed by atoms with Gasteiger partial charge in [-0.2, -0.15) is 0 Å². The molecule has 0 bridgehead atoms. The zero-order valence-electron chi connectivity index (χ0n) is 14.0. The summed E-state index contributed by atoms with van der Waals surface area (Å²) >= 11 is 0. The van der Waals surface area contributed by atoms with E-state index in [9.17, 15) is 4.79 Å². The van der Waals surface area contributed by atoms with Gasteiger partial charge in [-0.3, -0.25) is 9.69 Å². The highest BCUT2D eigenvalue weighted by Gasteiger charge is 2.19. The van der Waals surface area contributed by atoms with Gasteiger partial charge < -0.3 is 4.90 Å². The second kappa shape index (κ2) is 8.46. The minimum atomic E-state index is 0.150. The number of amides is 1. The highest BCUT2D eigenvalue weighted by Crippen LogP contribution is 2.09. The maximum absolute atomic E-state index is 12.6. The van der Waals surface area contributed by atoms with E-state index in [1.54, 1.807) is 0 Å². The van der Waals surface area contributed by atoms with Gasteiger partial charge in [-0.05, 0) is 24.1 Å². The van der Waals surface area contributed by atoms with Crippen molar-refractivity contribution >= 4 is 12.0 Å². The van der Waals surface area contributed by atoms with Crippen molar-refractivity contribution in [1.29, 1.82) is 0 Å². The van der Waals surface area contributed by atoms with Gasteiger partial charge in [0.15, 0.2) is 0 Å². The van der Waals surface area contributed by atoms with Crippen molar-refractivity contribution in [2.45, 2.75) is 6.42 Å². The van der Waals surface area contributed by atoms with Crippen molar-refractivity contribution < 1.29 is 4.79 Å². The van der Waals surface area contributed by atoms with Gasteiger partial charge >= 0.3 is 0 Å². The summed E-state index contributed by atoms with van der Waals surface area (Å²) in [4.78, 5) is 16.9. The number of nitrogens with zero attached hydrogens (tertiary/aromatic N) is 2. The van der Waals surface area contributed by atoms with Crippen LogP contribution in [-0.2, 0) is 0 Å². The van der Waals surface area contributed by atoms with Crippen LogP contribution in [0.15, 0.2) is 66.7 Å². The maximum Gasteiger partial charge on any atom is 0.253 e. The predicted octanol–water partition coefficient (Wildman–Crippen LogP) is 3.55. The minimum absolute atomic E-state index is 0.150. The Balaban J connectivity index is 1.52. The third-order valence-electron chi connectivity index (χ3n) is 4.37. The van der Waals surface area contributed by atoms with Crippen LogP contribution in [0.1, 0.15) is 22.3 Å². The number of hydrogen-bond donors (Lipinski definition) is 0. The summed E-state index contributed by atoms with van der Waals surface area (Å²) in [5, 5.41) is 0. The van der Waals surface area contributed by atoms with Gasteiger partial charge in [-0.25, -0.2) is 0 Å². The molecule has 2 aromatic carbocycles. The molecule has 0 saturated carbocycles. The first-order chi connectivity index (χ1) is 11.8. The van der Waals surface area contributed by atoms with Crippen LogP contribution in [0.5, 0.6) is 0 Å². The average Bonchev–Trinajstić information content (AvgIpc) is 2.88. The summed E-state index contributed by atoms with van der Waals surface area (Å²) in [6, 6.07) is 19.9. The van der Waals surface area contributed by atoms with Gasteiger partial charge in [0, 0.05) is 38.3 Å². The number of hydrogen-bond acceptors (Lipinski definition) is 2. The lowest BCUT2D eigenvalue weighted by atomic mass is 10.2. The second-order valence-electron chi connectivity index (χ2n) is 6.13. The van der Waals surface area contributed by atoms with Crippen LogP contribution < -0.4 is 0 Å². The first-order valence-electron chi connectivity index (χ1n) is 8.61. The quantitative estimate of drug-likeness (QED) is 0.860. The Kier molecular flexibility index (Phi) is 5.80. The zero-order chi connectivity index (χ0) is 16.6. The van der Waals surface area contributed by atoms with Crippen LogP contribution in [0.3, 0.4) is 0 Å². The summed E-state index contributed by atoms with van der Waals surface area (Å²) in [6.45, 7) is 4.54. The summed E-state index contributed by atoms with van der Waals surface area (Å²) in [7, 11) is 0. The normalized spacial score (nSPS) is 16.2. The van der Waals surface area contributed by atoms with E-state index in [-0.39, 0.29) is 5.91 Å². The molecular formula is C21H24N2O.